The average molecular weight is 454 g/mol. The van der Waals surface area contributed by atoms with Crippen LogP contribution in [-0.4, -0.2) is 29.3 Å². The van der Waals surface area contributed by atoms with Crippen LogP contribution in [0.25, 0.3) is 0 Å². The van der Waals surface area contributed by atoms with Crippen LogP contribution in [0.4, 0.5) is 17.6 Å². The maximum Gasteiger partial charge on any atom is 0.247 e. The van der Waals surface area contributed by atoms with Gasteiger partial charge in [-0.15, -0.1) is 11.8 Å². The van der Waals surface area contributed by atoms with E-state index in [0.29, 0.717) is 12.2 Å². The number of hydrogen-bond donors (Lipinski definition) is 2. The molecule has 1 aromatic carbocycles. The summed E-state index contributed by atoms with van der Waals surface area (Å²) < 4.78 is 57.5. The molecule has 1 aliphatic rings. The second-order valence-electron chi connectivity index (χ2n) is 7.24. The average Bonchev–Trinajstić information content (AvgIpc) is 2.96. The number of thioether (sulfide) groups is 1. The number of benzene rings is 1. The molecule has 1 unspecified atom stereocenters. The van der Waals surface area contributed by atoms with Crippen molar-refractivity contribution in [3.63, 3.8) is 0 Å². The molecule has 0 saturated heterocycles. The fourth-order valence-corrected chi connectivity index (χ4v) is 4.52. The first-order valence-corrected chi connectivity index (χ1v) is 10.6. The smallest absolute Gasteiger partial charge is 0.247 e. The van der Waals surface area contributed by atoms with Crippen molar-refractivity contribution < 1.29 is 22.4 Å². The topological polar surface area (TPSA) is 44.4 Å². The number of halogens is 5. The fourth-order valence-electron chi connectivity index (χ4n) is 2.89. The number of hydrazine groups is 1. The minimum atomic E-state index is -1.51. The largest absolute Gasteiger partial charge is 0.350 e. The third-order valence-corrected chi connectivity index (χ3v) is 6.19. The van der Waals surface area contributed by atoms with E-state index in [1.807, 2.05) is 13.8 Å². The van der Waals surface area contributed by atoms with Gasteiger partial charge < -0.3 is 10.3 Å². The summed E-state index contributed by atoms with van der Waals surface area (Å²) in [4.78, 5) is 11.9. The van der Waals surface area contributed by atoms with Gasteiger partial charge in [-0.1, -0.05) is 32.4 Å². The summed E-state index contributed by atoms with van der Waals surface area (Å²) in [6.45, 7) is 4.84. The number of nitrogens with zero attached hydrogens (tertiary/aromatic N) is 1. The normalized spacial score (nSPS) is 19.1. The molecule has 1 aromatic rings. The number of hydrogen-bond acceptors (Lipinski definition) is 4. The summed E-state index contributed by atoms with van der Waals surface area (Å²) in [5, 5.41) is 4.00. The van der Waals surface area contributed by atoms with E-state index in [0.717, 1.165) is 11.8 Å². The predicted octanol–water partition coefficient (Wildman–Crippen LogP) is 4.68. The highest BCUT2D eigenvalue weighted by Crippen LogP contribution is 2.33. The molecule has 0 saturated carbocycles. The van der Waals surface area contributed by atoms with Gasteiger partial charge in [0.15, 0.2) is 28.8 Å². The molecule has 0 spiro atoms. The lowest BCUT2D eigenvalue weighted by Crippen LogP contribution is -2.56. The van der Waals surface area contributed by atoms with Gasteiger partial charge in [-0.3, -0.25) is 4.79 Å². The molecule has 2 rings (SSSR count). The summed E-state index contributed by atoms with van der Waals surface area (Å²) >= 11 is 6.87. The molecule has 0 aliphatic carbocycles. The van der Waals surface area contributed by atoms with Gasteiger partial charge >= 0.3 is 0 Å². The predicted molar refractivity (Wildman–Crippen MR) is 106 cm³/mol. The van der Waals surface area contributed by atoms with Crippen LogP contribution < -0.4 is 10.7 Å². The zero-order valence-electron chi connectivity index (χ0n) is 16.6. The monoisotopic (exact) mass is 453 g/mol. The Labute approximate surface area is 177 Å². The minimum Gasteiger partial charge on any atom is -0.350 e. The molecule has 0 radical (unpaired) electrons. The first kappa shape index (κ1) is 23.8. The third-order valence-electron chi connectivity index (χ3n) is 4.68. The second kappa shape index (κ2) is 9.57. The van der Waals surface area contributed by atoms with Gasteiger partial charge in [-0.2, -0.15) is 0 Å². The number of carbonyl (C=O) groups excluding carboxylic acids is 1. The molecule has 1 heterocycles. The van der Waals surface area contributed by atoms with Crippen molar-refractivity contribution in [2.75, 3.05) is 12.8 Å². The van der Waals surface area contributed by atoms with Crippen LogP contribution in [0.5, 0.6) is 0 Å². The molecule has 0 fully saturated rings. The molecule has 1 aliphatic heterocycles. The van der Waals surface area contributed by atoms with Crippen LogP contribution in [0.2, 0.25) is 0 Å². The lowest BCUT2D eigenvalue weighted by atomic mass is 9.96. The summed E-state index contributed by atoms with van der Waals surface area (Å²) in [5.41, 5.74) is 0.666. The van der Waals surface area contributed by atoms with E-state index in [-0.39, 0.29) is 17.4 Å². The Bertz CT molecular complexity index is 792. The third kappa shape index (κ3) is 4.83. The highest BCUT2D eigenvalue weighted by molar-refractivity contribution is 7.99. The molecule has 10 heteroatoms. The van der Waals surface area contributed by atoms with E-state index in [1.54, 1.807) is 14.0 Å². The SMILES string of the molecule is CCC1(C(=O)NCc2c(F)c(F)c(SCCC(C)C)c(F)c2F)NN(C)C=C1Cl. The van der Waals surface area contributed by atoms with Crippen LogP contribution in [0.1, 0.15) is 39.2 Å². The standard InChI is InChI=1S/C19H24ClF4N3OS/c1-5-19(12(20)9-27(4)26-19)18(28)25-8-11-13(21)15(23)17(16(24)14(11)22)29-7-6-10(2)3/h9-10,26H,5-8H2,1-4H3,(H,25,28). The zero-order chi connectivity index (χ0) is 21.9. The molecular formula is C19H24ClF4N3OS. The molecule has 1 atom stereocenters. The van der Waals surface area contributed by atoms with Gasteiger partial charge in [0.1, 0.15) is 0 Å². The van der Waals surface area contributed by atoms with Crippen LogP contribution >= 0.6 is 23.4 Å². The van der Waals surface area contributed by atoms with Gasteiger partial charge in [0.25, 0.3) is 0 Å². The van der Waals surface area contributed by atoms with Crippen molar-refractivity contribution in [3.8, 4) is 0 Å². The van der Waals surface area contributed by atoms with Crippen molar-refractivity contribution in [2.45, 2.75) is 50.6 Å². The Morgan fingerprint density at radius 2 is 1.83 bits per heavy atom. The molecule has 4 nitrogen and oxygen atoms in total. The number of carbonyl (C=O) groups is 1. The van der Waals surface area contributed by atoms with E-state index in [1.165, 1.54) is 11.2 Å². The number of rotatable bonds is 8. The first-order valence-electron chi connectivity index (χ1n) is 9.19. The second-order valence-corrected chi connectivity index (χ2v) is 8.75. The summed E-state index contributed by atoms with van der Waals surface area (Å²) in [5.74, 6) is -6.00. The summed E-state index contributed by atoms with van der Waals surface area (Å²) in [6.07, 6.45) is 2.38. The minimum absolute atomic E-state index is 0.190. The molecule has 2 N–H and O–H groups in total. The Morgan fingerprint density at radius 3 is 2.28 bits per heavy atom. The van der Waals surface area contributed by atoms with Crippen molar-refractivity contribution in [1.82, 2.24) is 15.8 Å². The highest BCUT2D eigenvalue weighted by Gasteiger charge is 2.44. The molecule has 162 valence electrons. The quantitative estimate of drug-likeness (QED) is 0.341. The van der Waals surface area contributed by atoms with Gasteiger partial charge in [-0.05, 0) is 24.5 Å². The Morgan fingerprint density at radius 1 is 1.24 bits per heavy atom. The Balaban J connectivity index is 2.21. The lowest BCUT2D eigenvalue weighted by Gasteiger charge is -2.29. The molecule has 29 heavy (non-hydrogen) atoms. The molecular weight excluding hydrogens is 430 g/mol. The van der Waals surface area contributed by atoms with E-state index < -0.39 is 51.7 Å². The number of amides is 1. The Kier molecular flexibility index (Phi) is 7.86. The van der Waals surface area contributed by atoms with Gasteiger partial charge in [0.05, 0.1) is 9.93 Å². The van der Waals surface area contributed by atoms with Crippen molar-refractivity contribution >= 4 is 29.3 Å². The van der Waals surface area contributed by atoms with Crippen LogP contribution in [0.15, 0.2) is 16.1 Å². The van der Waals surface area contributed by atoms with Crippen LogP contribution in [0, 0.1) is 29.2 Å². The molecule has 1 amide bonds. The Hall–Kier alpha value is -1.45. The highest BCUT2D eigenvalue weighted by atomic mass is 35.5. The van der Waals surface area contributed by atoms with E-state index >= 15 is 0 Å². The molecule has 0 aromatic heterocycles. The van der Waals surface area contributed by atoms with Crippen LogP contribution in [-0.2, 0) is 11.3 Å². The van der Waals surface area contributed by atoms with E-state index in [4.69, 9.17) is 11.6 Å². The van der Waals surface area contributed by atoms with Crippen molar-refractivity contribution in [3.05, 3.63) is 40.1 Å². The lowest BCUT2D eigenvalue weighted by molar-refractivity contribution is -0.127. The first-order chi connectivity index (χ1) is 13.5. The van der Waals surface area contributed by atoms with Crippen molar-refractivity contribution in [2.24, 2.45) is 5.92 Å². The summed E-state index contributed by atoms with van der Waals surface area (Å²) in [7, 11) is 1.63. The van der Waals surface area contributed by atoms with E-state index in [2.05, 4.69) is 10.7 Å². The van der Waals surface area contributed by atoms with Crippen molar-refractivity contribution in [1.29, 1.82) is 0 Å². The maximum absolute atomic E-state index is 14.4. The molecule has 0 bridgehead atoms. The fraction of sp³-hybridized carbons (Fsp3) is 0.526. The zero-order valence-corrected chi connectivity index (χ0v) is 18.2. The number of nitrogens with one attached hydrogen (secondary N) is 2. The maximum atomic E-state index is 14.4. The van der Waals surface area contributed by atoms with Gasteiger partial charge in [0.2, 0.25) is 5.91 Å². The van der Waals surface area contributed by atoms with Crippen LogP contribution in [0.3, 0.4) is 0 Å². The van der Waals surface area contributed by atoms with E-state index in [9.17, 15) is 22.4 Å². The van der Waals surface area contributed by atoms with Gasteiger partial charge in [0, 0.05) is 25.4 Å². The van der Waals surface area contributed by atoms with Gasteiger partial charge in [-0.25, -0.2) is 23.0 Å². The summed E-state index contributed by atoms with van der Waals surface area (Å²) in [6, 6.07) is 0.